The van der Waals surface area contributed by atoms with Crippen molar-refractivity contribution in [1.29, 1.82) is 0 Å². The van der Waals surface area contributed by atoms with E-state index in [9.17, 15) is 9.59 Å². The maximum Gasteiger partial charge on any atom is 0.414 e. The van der Waals surface area contributed by atoms with Gasteiger partial charge in [-0.3, -0.25) is 9.80 Å². The standard InChI is InChI=1S/C24H34N4O4/c1-23(2,3)31-21(29)27(19-11-7-17(25)8-12-19)15-16-28(22(30)32-24(4,5)6)20-13-9-18(26)10-14-20/h7-14H,15-16,25-26H2,1-6H3. The van der Waals surface area contributed by atoms with Gasteiger partial charge in [0.25, 0.3) is 0 Å². The predicted octanol–water partition coefficient (Wildman–Crippen LogP) is 5.03. The number of nitrogen functional groups attached to an aromatic ring is 2. The molecule has 0 aliphatic rings. The zero-order chi connectivity index (χ0) is 24.1. The average Bonchev–Trinajstić information content (AvgIpc) is 2.64. The van der Waals surface area contributed by atoms with E-state index in [4.69, 9.17) is 20.9 Å². The van der Waals surface area contributed by atoms with E-state index < -0.39 is 23.4 Å². The molecule has 0 aromatic heterocycles. The van der Waals surface area contributed by atoms with Crippen LogP contribution < -0.4 is 21.3 Å². The predicted molar refractivity (Wildman–Crippen MR) is 129 cm³/mol. The summed E-state index contributed by atoms with van der Waals surface area (Å²) in [5.41, 5.74) is 12.6. The lowest BCUT2D eigenvalue weighted by molar-refractivity contribution is 0.0552. The third-order valence-electron chi connectivity index (χ3n) is 4.18. The molecule has 2 aromatic carbocycles. The lowest BCUT2D eigenvalue weighted by Gasteiger charge is -2.31. The van der Waals surface area contributed by atoms with Gasteiger partial charge >= 0.3 is 12.2 Å². The van der Waals surface area contributed by atoms with Crippen molar-refractivity contribution in [1.82, 2.24) is 0 Å². The maximum absolute atomic E-state index is 13.0. The summed E-state index contributed by atoms with van der Waals surface area (Å²) in [6.07, 6.45) is -1.05. The molecule has 0 bridgehead atoms. The van der Waals surface area contributed by atoms with Crippen LogP contribution in [0.5, 0.6) is 0 Å². The number of amides is 2. The van der Waals surface area contributed by atoms with Gasteiger partial charge in [0.2, 0.25) is 0 Å². The van der Waals surface area contributed by atoms with E-state index in [0.29, 0.717) is 22.7 Å². The lowest BCUT2D eigenvalue weighted by Crippen LogP contribution is -2.44. The zero-order valence-corrected chi connectivity index (χ0v) is 19.7. The van der Waals surface area contributed by atoms with E-state index in [-0.39, 0.29) is 13.1 Å². The molecule has 8 nitrogen and oxygen atoms in total. The number of carbonyl (C=O) groups excluding carboxylic acids is 2. The zero-order valence-electron chi connectivity index (χ0n) is 19.7. The number of carbonyl (C=O) groups is 2. The monoisotopic (exact) mass is 442 g/mol. The van der Waals surface area contributed by atoms with Crippen LogP contribution in [0, 0.1) is 0 Å². The minimum absolute atomic E-state index is 0.169. The highest BCUT2D eigenvalue weighted by Crippen LogP contribution is 2.23. The minimum Gasteiger partial charge on any atom is -0.443 e. The third-order valence-corrected chi connectivity index (χ3v) is 4.18. The number of nitrogens with zero attached hydrogens (tertiary/aromatic N) is 2. The van der Waals surface area contributed by atoms with E-state index in [0.717, 1.165) is 0 Å². The van der Waals surface area contributed by atoms with Crippen molar-refractivity contribution in [3.05, 3.63) is 48.5 Å². The SMILES string of the molecule is CC(C)(C)OC(=O)N(CCN(C(=O)OC(C)(C)C)c1ccc(N)cc1)c1ccc(N)cc1. The van der Waals surface area contributed by atoms with Crippen molar-refractivity contribution in [3.63, 3.8) is 0 Å². The van der Waals surface area contributed by atoms with Crippen LogP contribution in [-0.4, -0.2) is 36.5 Å². The Balaban J connectivity index is 2.33. The normalized spacial score (nSPS) is 11.6. The molecule has 2 rings (SSSR count). The Hall–Kier alpha value is -3.42. The molecule has 0 saturated carbocycles. The molecule has 2 aromatic rings. The average molecular weight is 443 g/mol. The first-order chi connectivity index (χ1) is 14.7. The molecule has 4 N–H and O–H groups in total. The topological polar surface area (TPSA) is 111 Å². The fourth-order valence-corrected chi connectivity index (χ4v) is 2.79. The molecule has 174 valence electrons. The van der Waals surface area contributed by atoms with Crippen molar-refractivity contribution < 1.29 is 19.1 Å². The number of benzene rings is 2. The Morgan fingerprint density at radius 3 is 1.19 bits per heavy atom. The Kier molecular flexibility index (Phi) is 7.61. The van der Waals surface area contributed by atoms with Crippen LogP contribution in [0.2, 0.25) is 0 Å². The van der Waals surface area contributed by atoms with Crippen molar-refractivity contribution in [2.24, 2.45) is 0 Å². The van der Waals surface area contributed by atoms with Gasteiger partial charge in [0, 0.05) is 35.8 Å². The first kappa shape index (κ1) is 24.8. The van der Waals surface area contributed by atoms with Crippen molar-refractivity contribution in [2.45, 2.75) is 52.7 Å². The quantitative estimate of drug-likeness (QED) is 0.628. The number of hydrogen-bond acceptors (Lipinski definition) is 6. The van der Waals surface area contributed by atoms with Gasteiger partial charge < -0.3 is 20.9 Å². The molecule has 32 heavy (non-hydrogen) atoms. The van der Waals surface area contributed by atoms with Crippen LogP contribution >= 0.6 is 0 Å². The number of nitrogens with two attached hydrogens (primary N) is 2. The molecule has 0 heterocycles. The summed E-state index contributed by atoms with van der Waals surface area (Å²) in [5, 5.41) is 0. The van der Waals surface area contributed by atoms with E-state index in [1.165, 1.54) is 9.80 Å². The number of anilines is 4. The molecular formula is C24H34N4O4. The minimum atomic E-state index is -0.676. The molecular weight excluding hydrogens is 408 g/mol. The Labute approximate surface area is 190 Å². The summed E-state index contributed by atoms with van der Waals surface area (Å²) in [5.74, 6) is 0. The first-order valence-electron chi connectivity index (χ1n) is 10.5. The van der Waals surface area contributed by atoms with E-state index in [1.54, 1.807) is 90.1 Å². The van der Waals surface area contributed by atoms with Gasteiger partial charge in [-0.2, -0.15) is 0 Å². The molecule has 0 unspecified atom stereocenters. The van der Waals surface area contributed by atoms with Crippen LogP contribution in [0.15, 0.2) is 48.5 Å². The fourth-order valence-electron chi connectivity index (χ4n) is 2.79. The Bertz CT molecular complexity index is 836. The highest BCUT2D eigenvalue weighted by atomic mass is 16.6. The Morgan fingerprint density at radius 1 is 0.656 bits per heavy atom. The maximum atomic E-state index is 13.0. The van der Waals surface area contributed by atoms with Gasteiger partial charge in [-0.15, -0.1) is 0 Å². The van der Waals surface area contributed by atoms with E-state index in [2.05, 4.69) is 0 Å². The van der Waals surface area contributed by atoms with Gasteiger partial charge in [0.1, 0.15) is 11.2 Å². The van der Waals surface area contributed by atoms with E-state index in [1.807, 2.05) is 0 Å². The second-order valence-electron chi connectivity index (χ2n) is 9.45. The molecule has 0 fully saturated rings. The van der Waals surface area contributed by atoms with Crippen molar-refractivity contribution in [2.75, 3.05) is 34.4 Å². The van der Waals surface area contributed by atoms with Crippen LogP contribution in [0.25, 0.3) is 0 Å². The summed E-state index contributed by atoms with van der Waals surface area (Å²) >= 11 is 0. The Morgan fingerprint density at radius 2 is 0.938 bits per heavy atom. The molecule has 0 aliphatic carbocycles. The smallest absolute Gasteiger partial charge is 0.414 e. The largest absolute Gasteiger partial charge is 0.443 e. The van der Waals surface area contributed by atoms with Gasteiger partial charge in [-0.1, -0.05) is 0 Å². The van der Waals surface area contributed by atoms with E-state index >= 15 is 0 Å². The van der Waals surface area contributed by atoms with Crippen LogP contribution in [0.4, 0.5) is 32.3 Å². The van der Waals surface area contributed by atoms with Crippen LogP contribution in [0.1, 0.15) is 41.5 Å². The molecule has 0 radical (unpaired) electrons. The van der Waals surface area contributed by atoms with Gasteiger partial charge in [-0.25, -0.2) is 9.59 Å². The van der Waals surface area contributed by atoms with Crippen LogP contribution in [-0.2, 0) is 9.47 Å². The number of ether oxygens (including phenoxy) is 2. The third kappa shape index (κ3) is 7.68. The van der Waals surface area contributed by atoms with Gasteiger partial charge in [0.15, 0.2) is 0 Å². The fraction of sp³-hybridized carbons (Fsp3) is 0.417. The molecule has 2 amide bonds. The molecule has 0 aliphatic heterocycles. The lowest BCUT2D eigenvalue weighted by atomic mass is 10.2. The molecule has 8 heteroatoms. The summed E-state index contributed by atoms with van der Waals surface area (Å²) in [6, 6.07) is 13.8. The highest BCUT2D eigenvalue weighted by molar-refractivity contribution is 5.90. The van der Waals surface area contributed by atoms with Gasteiger partial charge in [-0.05, 0) is 90.1 Å². The summed E-state index contributed by atoms with van der Waals surface area (Å²) < 4.78 is 11.2. The van der Waals surface area contributed by atoms with Crippen molar-refractivity contribution in [3.8, 4) is 0 Å². The summed E-state index contributed by atoms with van der Waals surface area (Å²) in [6.45, 7) is 11.1. The first-order valence-corrected chi connectivity index (χ1v) is 10.5. The summed E-state index contributed by atoms with van der Waals surface area (Å²) in [4.78, 5) is 28.9. The van der Waals surface area contributed by atoms with Crippen molar-refractivity contribution >= 4 is 34.9 Å². The van der Waals surface area contributed by atoms with Crippen LogP contribution in [0.3, 0.4) is 0 Å². The second kappa shape index (κ2) is 9.80. The number of rotatable bonds is 5. The molecule has 0 saturated heterocycles. The molecule has 0 atom stereocenters. The molecule has 0 spiro atoms. The number of hydrogen-bond donors (Lipinski definition) is 2. The second-order valence-corrected chi connectivity index (χ2v) is 9.45. The summed E-state index contributed by atoms with van der Waals surface area (Å²) in [7, 11) is 0. The highest BCUT2D eigenvalue weighted by Gasteiger charge is 2.27. The van der Waals surface area contributed by atoms with Gasteiger partial charge in [0.05, 0.1) is 0 Å².